The molecule has 1 rings (SSSR count). The van der Waals surface area contributed by atoms with Gasteiger partial charge in [0.25, 0.3) is 0 Å². The number of alkyl halides is 2. The summed E-state index contributed by atoms with van der Waals surface area (Å²) in [6.07, 6.45) is 1.72. The minimum atomic E-state index is -2.67. The van der Waals surface area contributed by atoms with Crippen LogP contribution in [-0.2, 0) is 4.74 Å². The lowest BCUT2D eigenvalue weighted by Crippen LogP contribution is -2.44. The van der Waals surface area contributed by atoms with E-state index in [4.69, 9.17) is 10.5 Å². The highest BCUT2D eigenvalue weighted by Gasteiger charge is 2.36. The number of hydrogen-bond donors (Lipinski definition) is 1. The zero-order valence-electron chi connectivity index (χ0n) is 7.98. The molecule has 78 valence electrons. The van der Waals surface area contributed by atoms with Crippen LogP contribution in [0.15, 0.2) is 0 Å². The van der Waals surface area contributed by atoms with E-state index in [1.165, 1.54) is 0 Å². The first-order valence-corrected chi connectivity index (χ1v) is 4.66. The third-order valence-corrected chi connectivity index (χ3v) is 2.37. The van der Waals surface area contributed by atoms with Gasteiger partial charge in [0.05, 0.1) is 0 Å². The maximum atomic E-state index is 12.8. The Balaban J connectivity index is 2.52. The van der Waals surface area contributed by atoms with Crippen molar-refractivity contribution < 1.29 is 13.5 Å². The normalized spacial score (nSPS) is 31.4. The Morgan fingerprint density at radius 2 is 2.08 bits per heavy atom. The van der Waals surface area contributed by atoms with Crippen LogP contribution in [0.5, 0.6) is 0 Å². The van der Waals surface area contributed by atoms with Crippen molar-refractivity contribution in [1.29, 1.82) is 0 Å². The second-order valence-electron chi connectivity index (χ2n) is 4.08. The summed E-state index contributed by atoms with van der Waals surface area (Å²) in [6, 6.07) is 0. The fourth-order valence-corrected chi connectivity index (χ4v) is 1.82. The van der Waals surface area contributed by atoms with Crippen LogP contribution < -0.4 is 5.73 Å². The first-order valence-electron chi connectivity index (χ1n) is 4.66. The molecule has 2 nitrogen and oxygen atoms in total. The van der Waals surface area contributed by atoms with E-state index >= 15 is 0 Å². The molecule has 1 heterocycles. The quantitative estimate of drug-likeness (QED) is 0.727. The van der Waals surface area contributed by atoms with Crippen molar-refractivity contribution in [2.24, 2.45) is 5.73 Å². The molecule has 0 saturated carbocycles. The van der Waals surface area contributed by atoms with Crippen molar-refractivity contribution in [2.75, 3.05) is 13.2 Å². The van der Waals surface area contributed by atoms with Crippen LogP contribution in [0.2, 0.25) is 0 Å². The Hall–Kier alpha value is -0.220. The van der Waals surface area contributed by atoms with E-state index in [-0.39, 0.29) is 6.42 Å². The van der Waals surface area contributed by atoms with Gasteiger partial charge in [-0.05, 0) is 26.2 Å². The molecule has 0 spiro atoms. The van der Waals surface area contributed by atoms with E-state index in [9.17, 15) is 8.78 Å². The second kappa shape index (κ2) is 3.88. The molecule has 1 aliphatic heterocycles. The topological polar surface area (TPSA) is 35.2 Å². The summed E-state index contributed by atoms with van der Waals surface area (Å²) in [4.78, 5) is 0. The molecule has 2 N–H and O–H groups in total. The predicted octanol–water partition coefficient (Wildman–Crippen LogP) is 1.93. The van der Waals surface area contributed by atoms with Gasteiger partial charge in [-0.3, -0.25) is 0 Å². The van der Waals surface area contributed by atoms with Gasteiger partial charge >= 0.3 is 0 Å². The highest BCUT2D eigenvalue weighted by Crippen LogP contribution is 2.30. The van der Waals surface area contributed by atoms with Crippen molar-refractivity contribution >= 4 is 0 Å². The highest BCUT2D eigenvalue weighted by atomic mass is 19.3. The Morgan fingerprint density at radius 3 is 2.69 bits per heavy atom. The Bertz CT molecular complexity index is 159. The lowest BCUT2D eigenvalue weighted by molar-refractivity contribution is -0.0128. The summed E-state index contributed by atoms with van der Waals surface area (Å²) in [5.74, 6) is -2.67. The zero-order chi connectivity index (χ0) is 9.95. The fraction of sp³-hybridized carbons (Fsp3) is 1.00. The lowest BCUT2D eigenvalue weighted by atomic mass is 9.86. The molecule has 13 heavy (non-hydrogen) atoms. The summed E-state index contributed by atoms with van der Waals surface area (Å²) in [7, 11) is 0. The molecule has 0 aliphatic carbocycles. The summed E-state index contributed by atoms with van der Waals surface area (Å²) in [5, 5.41) is 0. The number of rotatable bonds is 2. The van der Waals surface area contributed by atoms with Gasteiger partial charge in [0.2, 0.25) is 5.92 Å². The van der Waals surface area contributed by atoms with Gasteiger partial charge in [-0.25, -0.2) is 8.78 Å². The van der Waals surface area contributed by atoms with E-state index in [1.807, 2.05) is 0 Å². The molecule has 1 saturated heterocycles. The highest BCUT2D eigenvalue weighted by molar-refractivity contribution is 4.89. The molecule has 1 aliphatic rings. The number of ether oxygens (including phenoxy) is 1. The fourth-order valence-electron chi connectivity index (χ4n) is 1.82. The Labute approximate surface area is 77.4 Å². The zero-order valence-corrected chi connectivity index (χ0v) is 7.98. The third-order valence-electron chi connectivity index (χ3n) is 2.37. The molecule has 0 aromatic heterocycles. The molecular weight excluding hydrogens is 176 g/mol. The van der Waals surface area contributed by atoms with Crippen LogP contribution in [0.3, 0.4) is 0 Å². The molecule has 1 atom stereocenters. The summed E-state index contributed by atoms with van der Waals surface area (Å²) >= 11 is 0. The van der Waals surface area contributed by atoms with Crippen molar-refractivity contribution in [2.45, 2.75) is 44.1 Å². The number of hydrogen-bond acceptors (Lipinski definition) is 2. The van der Waals surface area contributed by atoms with Crippen LogP contribution in [0, 0.1) is 0 Å². The van der Waals surface area contributed by atoms with E-state index in [2.05, 4.69) is 0 Å². The lowest BCUT2D eigenvalue weighted by Gasteiger charge is -2.30. The number of halogens is 2. The molecule has 0 aromatic carbocycles. The van der Waals surface area contributed by atoms with E-state index < -0.39 is 11.5 Å². The minimum absolute atomic E-state index is 0.233. The molecule has 0 radical (unpaired) electrons. The van der Waals surface area contributed by atoms with Crippen molar-refractivity contribution in [3.05, 3.63) is 0 Å². The largest absolute Gasteiger partial charge is 0.381 e. The standard InChI is InChI=1S/C9H17F2NO/c1-8(10,11)7-9(12)3-2-5-13-6-4-9/h2-7,12H2,1H3. The van der Waals surface area contributed by atoms with Crippen molar-refractivity contribution in [3.63, 3.8) is 0 Å². The minimum Gasteiger partial charge on any atom is -0.381 e. The van der Waals surface area contributed by atoms with E-state index in [1.54, 1.807) is 0 Å². The first-order chi connectivity index (χ1) is 5.91. The molecular formula is C9H17F2NO. The van der Waals surface area contributed by atoms with Gasteiger partial charge in [-0.15, -0.1) is 0 Å². The van der Waals surface area contributed by atoms with Gasteiger partial charge < -0.3 is 10.5 Å². The van der Waals surface area contributed by atoms with E-state index in [0.29, 0.717) is 26.1 Å². The maximum Gasteiger partial charge on any atom is 0.247 e. The molecule has 0 aromatic rings. The van der Waals surface area contributed by atoms with Crippen LogP contribution in [-0.4, -0.2) is 24.7 Å². The summed E-state index contributed by atoms with van der Waals surface area (Å²) in [5.41, 5.74) is 5.16. The van der Waals surface area contributed by atoms with Gasteiger partial charge in [0, 0.05) is 25.2 Å². The monoisotopic (exact) mass is 193 g/mol. The SMILES string of the molecule is CC(F)(F)CC1(N)CCCOCC1. The first kappa shape index (κ1) is 10.9. The third kappa shape index (κ3) is 4.00. The maximum absolute atomic E-state index is 12.8. The van der Waals surface area contributed by atoms with Gasteiger partial charge in [0.15, 0.2) is 0 Å². The molecule has 1 fully saturated rings. The van der Waals surface area contributed by atoms with Crippen LogP contribution in [0.4, 0.5) is 8.78 Å². The van der Waals surface area contributed by atoms with Gasteiger partial charge in [0.1, 0.15) is 0 Å². The Morgan fingerprint density at radius 1 is 1.38 bits per heavy atom. The molecule has 4 heteroatoms. The second-order valence-corrected chi connectivity index (χ2v) is 4.08. The summed E-state index contributed by atoms with van der Waals surface area (Å²) in [6.45, 7) is 2.08. The van der Waals surface area contributed by atoms with Gasteiger partial charge in [-0.2, -0.15) is 0 Å². The number of nitrogens with two attached hydrogens (primary N) is 1. The van der Waals surface area contributed by atoms with E-state index in [0.717, 1.165) is 13.3 Å². The summed E-state index contributed by atoms with van der Waals surface area (Å²) < 4.78 is 30.7. The Kier molecular flexibility index (Phi) is 3.24. The predicted molar refractivity (Wildman–Crippen MR) is 46.8 cm³/mol. The van der Waals surface area contributed by atoms with Crippen molar-refractivity contribution in [1.82, 2.24) is 0 Å². The molecule has 0 amide bonds. The smallest absolute Gasteiger partial charge is 0.247 e. The average molecular weight is 193 g/mol. The van der Waals surface area contributed by atoms with Crippen LogP contribution >= 0.6 is 0 Å². The van der Waals surface area contributed by atoms with Crippen molar-refractivity contribution in [3.8, 4) is 0 Å². The molecule has 0 bridgehead atoms. The van der Waals surface area contributed by atoms with Crippen LogP contribution in [0.1, 0.15) is 32.6 Å². The average Bonchev–Trinajstić information content (AvgIpc) is 2.09. The van der Waals surface area contributed by atoms with Crippen LogP contribution in [0.25, 0.3) is 0 Å². The van der Waals surface area contributed by atoms with Gasteiger partial charge in [-0.1, -0.05) is 0 Å². The molecule has 1 unspecified atom stereocenters.